The molecule has 2 aromatic rings. The van der Waals surface area contributed by atoms with Gasteiger partial charge in [0.2, 0.25) is 5.88 Å². The maximum absolute atomic E-state index is 12.2. The smallest absolute Gasteiger partial charge is 0.272 e. The first-order chi connectivity index (χ1) is 11.7. The zero-order valence-electron chi connectivity index (χ0n) is 13.7. The predicted octanol–water partition coefficient (Wildman–Crippen LogP) is 2.74. The number of nitrogens with one attached hydrogen (secondary N) is 1. The van der Waals surface area contributed by atoms with E-state index in [9.17, 15) is 4.79 Å². The first kappa shape index (κ1) is 16.4. The van der Waals surface area contributed by atoms with Gasteiger partial charge < -0.3 is 14.8 Å². The van der Waals surface area contributed by atoms with Gasteiger partial charge in [0.1, 0.15) is 5.75 Å². The lowest BCUT2D eigenvalue weighted by Crippen LogP contribution is -2.39. The van der Waals surface area contributed by atoms with Gasteiger partial charge in [0.15, 0.2) is 5.69 Å². The van der Waals surface area contributed by atoms with Crippen LogP contribution in [0, 0.1) is 0 Å². The molecule has 6 nitrogen and oxygen atoms in total. The van der Waals surface area contributed by atoms with Crippen LogP contribution in [0.5, 0.6) is 11.6 Å². The Kier molecular flexibility index (Phi) is 5.38. The maximum Gasteiger partial charge on any atom is 0.272 e. The van der Waals surface area contributed by atoms with Crippen molar-refractivity contribution in [3.05, 3.63) is 47.7 Å². The van der Waals surface area contributed by atoms with Gasteiger partial charge in [-0.05, 0) is 43.0 Å². The SMILES string of the molecule is CCc1cccc(Oc2ccc(C(=O)NC3CCOCC3)nn2)c1. The van der Waals surface area contributed by atoms with Crippen molar-refractivity contribution in [2.45, 2.75) is 32.2 Å². The molecule has 0 saturated carbocycles. The molecule has 0 atom stereocenters. The van der Waals surface area contributed by atoms with Gasteiger partial charge in [-0.2, -0.15) is 0 Å². The number of carbonyl (C=O) groups is 1. The highest BCUT2D eigenvalue weighted by Gasteiger charge is 2.18. The minimum absolute atomic E-state index is 0.140. The number of aryl methyl sites for hydroxylation is 1. The molecule has 126 valence electrons. The molecule has 1 aromatic heterocycles. The molecule has 2 heterocycles. The second-order valence-corrected chi connectivity index (χ2v) is 5.72. The molecule has 1 N–H and O–H groups in total. The average Bonchev–Trinajstić information content (AvgIpc) is 2.63. The summed E-state index contributed by atoms with van der Waals surface area (Å²) in [6.07, 6.45) is 2.59. The van der Waals surface area contributed by atoms with Crippen molar-refractivity contribution in [1.82, 2.24) is 15.5 Å². The lowest BCUT2D eigenvalue weighted by molar-refractivity contribution is 0.0693. The molecule has 1 aromatic carbocycles. The Hall–Kier alpha value is -2.47. The molecule has 1 aliphatic heterocycles. The fraction of sp³-hybridized carbons (Fsp3) is 0.389. The predicted molar refractivity (Wildman–Crippen MR) is 89.2 cm³/mol. The van der Waals surface area contributed by atoms with E-state index >= 15 is 0 Å². The Bertz CT molecular complexity index is 682. The topological polar surface area (TPSA) is 73.3 Å². The molecule has 0 bridgehead atoms. The highest BCUT2D eigenvalue weighted by molar-refractivity contribution is 5.92. The minimum atomic E-state index is -0.214. The number of ether oxygens (including phenoxy) is 2. The first-order valence-electron chi connectivity index (χ1n) is 8.23. The maximum atomic E-state index is 12.2. The Labute approximate surface area is 141 Å². The Morgan fingerprint density at radius 2 is 2.08 bits per heavy atom. The number of hydrogen-bond acceptors (Lipinski definition) is 5. The van der Waals surface area contributed by atoms with Crippen LogP contribution in [-0.2, 0) is 11.2 Å². The van der Waals surface area contributed by atoms with Gasteiger partial charge in [0.05, 0.1) is 0 Å². The molecule has 1 aliphatic rings. The fourth-order valence-electron chi connectivity index (χ4n) is 2.55. The van der Waals surface area contributed by atoms with Gasteiger partial charge in [-0.25, -0.2) is 0 Å². The Morgan fingerprint density at radius 3 is 2.79 bits per heavy atom. The van der Waals surface area contributed by atoms with E-state index in [4.69, 9.17) is 9.47 Å². The molecule has 0 radical (unpaired) electrons. The van der Waals surface area contributed by atoms with Gasteiger partial charge in [-0.3, -0.25) is 4.79 Å². The fourth-order valence-corrected chi connectivity index (χ4v) is 2.55. The van der Waals surface area contributed by atoms with E-state index in [2.05, 4.69) is 22.4 Å². The van der Waals surface area contributed by atoms with Crippen LogP contribution in [-0.4, -0.2) is 35.4 Å². The van der Waals surface area contributed by atoms with Crippen LogP contribution < -0.4 is 10.1 Å². The largest absolute Gasteiger partial charge is 0.438 e. The molecule has 1 amide bonds. The van der Waals surface area contributed by atoms with E-state index in [0.717, 1.165) is 19.3 Å². The van der Waals surface area contributed by atoms with E-state index in [1.54, 1.807) is 12.1 Å². The van der Waals surface area contributed by atoms with Gasteiger partial charge in [-0.1, -0.05) is 19.1 Å². The summed E-state index contributed by atoms with van der Waals surface area (Å²) >= 11 is 0. The van der Waals surface area contributed by atoms with Crippen LogP contribution in [0.25, 0.3) is 0 Å². The van der Waals surface area contributed by atoms with Gasteiger partial charge in [-0.15, -0.1) is 10.2 Å². The normalized spacial score (nSPS) is 15.0. The second-order valence-electron chi connectivity index (χ2n) is 5.72. The zero-order chi connectivity index (χ0) is 16.8. The number of aromatic nitrogens is 2. The summed E-state index contributed by atoms with van der Waals surface area (Å²) in [7, 11) is 0. The van der Waals surface area contributed by atoms with Crippen LogP contribution in [0.3, 0.4) is 0 Å². The third-order valence-corrected chi connectivity index (χ3v) is 3.96. The molecule has 1 saturated heterocycles. The van der Waals surface area contributed by atoms with Crippen molar-refractivity contribution in [2.75, 3.05) is 13.2 Å². The lowest BCUT2D eigenvalue weighted by atomic mass is 10.1. The van der Waals surface area contributed by atoms with Crippen molar-refractivity contribution >= 4 is 5.91 Å². The third-order valence-electron chi connectivity index (χ3n) is 3.96. The Balaban J connectivity index is 1.60. The second kappa shape index (κ2) is 7.88. The number of hydrogen-bond donors (Lipinski definition) is 1. The highest BCUT2D eigenvalue weighted by Crippen LogP contribution is 2.20. The van der Waals surface area contributed by atoms with Gasteiger partial charge in [0, 0.05) is 25.3 Å². The van der Waals surface area contributed by atoms with Crippen LogP contribution in [0.2, 0.25) is 0 Å². The number of nitrogens with zero attached hydrogens (tertiary/aromatic N) is 2. The van der Waals surface area contributed by atoms with Crippen LogP contribution in [0.4, 0.5) is 0 Å². The van der Waals surface area contributed by atoms with Gasteiger partial charge >= 0.3 is 0 Å². The number of rotatable bonds is 5. The van der Waals surface area contributed by atoms with E-state index in [0.29, 0.717) is 24.8 Å². The van der Waals surface area contributed by atoms with Crippen LogP contribution >= 0.6 is 0 Å². The van der Waals surface area contributed by atoms with Crippen LogP contribution in [0.1, 0.15) is 35.8 Å². The summed E-state index contributed by atoms with van der Waals surface area (Å²) in [6.45, 7) is 3.45. The van der Waals surface area contributed by atoms with Crippen molar-refractivity contribution in [3.63, 3.8) is 0 Å². The van der Waals surface area contributed by atoms with E-state index < -0.39 is 0 Å². The molecule has 1 fully saturated rings. The monoisotopic (exact) mass is 327 g/mol. The van der Waals surface area contributed by atoms with Crippen molar-refractivity contribution < 1.29 is 14.3 Å². The highest BCUT2D eigenvalue weighted by atomic mass is 16.5. The molecular weight excluding hydrogens is 306 g/mol. The van der Waals surface area contributed by atoms with Crippen molar-refractivity contribution in [3.8, 4) is 11.6 Å². The lowest BCUT2D eigenvalue weighted by Gasteiger charge is -2.22. The number of carbonyl (C=O) groups excluding carboxylic acids is 1. The summed E-state index contributed by atoms with van der Waals surface area (Å²) in [5, 5.41) is 10.9. The average molecular weight is 327 g/mol. The van der Waals surface area contributed by atoms with Crippen molar-refractivity contribution in [1.29, 1.82) is 0 Å². The van der Waals surface area contributed by atoms with Crippen LogP contribution in [0.15, 0.2) is 36.4 Å². The van der Waals surface area contributed by atoms with E-state index in [1.807, 2.05) is 24.3 Å². The standard InChI is InChI=1S/C18H21N3O3/c1-2-13-4-3-5-15(12-13)24-17-7-6-16(20-21-17)18(22)19-14-8-10-23-11-9-14/h3-7,12,14H,2,8-11H2,1H3,(H,19,22). The van der Waals surface area contributed by atoms with E-state index in [1.165, 1.54) is 5.56 Å². The number of amides is 1. The summed E-state index contributed by atoms with van der Waals surface area (Å²) < 4.78 is 11.0. The third kappa shape index (κ3) is 4.29. The zero-order valence-corrected chi connectivity index (χ0v) is 13.7. The first-order valence-corrected chi connectivity index (χ1v) is 8.23. The summed E-state index contributed by atoms with van der Waals surface area (Å²) in [4.78, 5) is 12.2. The quantitative estimate of drug-likeness (QED) is 0.914. The molecule has 6 heteroatoms. The van der Waals surface area contributed by atoms with E-state index in [-0.39, 0.29) is 17.6 Å². The molecule has 24 heavy (non-hydrogen) atoms. The molecule has 3 rings (SSSR count). The molecular formula is C18H21N3O3. The number of benzene rings is 1. The molecule has 0 spiro atoms. The summed E-state index contributed by atoms with van der Waals surface area (Å²) in [5.74, 6) is 0.864. The summed E-state index contributed by atoms with van der Waals surface area (Å²) in [6, 6.07) is 11.2. The molecule has 0 aliphatic carbocycles. The molecule has 0 unspecified atom stereocenters. The summed E-state index contributed by atoms with van der Waals surface area (Å²) in [5.41, 5.74) is 1.48. The minimum Gasteiger partial charge on any atom is -0.438 e. The van der Waals surface area contributed by atoms with Gasteiger partial charge in [0.25, 0.3) is 5.91 Å². The van der Waals surface area contributed by atoms with Crippen molar-refractivity contribution in [2.24, 2.45) is 0 Å². The Morgan fingerprint density at radius 1 is 1.25 bits per heavy atom.